The predicted molar refractivity (Wildman–Crippen MR) is 131 cm³/mol. The Morgan fingerprint density at radius 3 is 2.50 bits per heavy atom. The molecular formula is C28H38N2O2. The molecule has 0 aromatic heterocycles. The average Bonchev–Trinajstić information content (AvgIpc) is 2.78. The monoisotopic (exact) mass is 434 g/mol. The lowest BCUT2D eigenvalue weighted by Crippen LogP contribution is -2.51. The molecule has 32 heavy (non-hydrogen) atoms. The van der Waals surface area contributed by atoms with Gasteiger partial charge in [0.1, 0.15) is 11.1 Å². The summed E-state index contributed by atoms with van der Waals surface area (Å²) in [6, 6.07) is 7.94. The van der Waals surface area contributed by atoms with E-state index in [9.17, 15) is 9.59 Å². The van der Waals surface area contributed by atoms with E-state index in [-0.39, 0.29) is 17.5 Å². The van der Waals surface area contributed by atoms with Crippen LogP contribution in [0.15, 0.2) is 59.7 Å². The molecule has 172 valence electrons. The Morgan fingerprint density at radius 2 is 1.84 bits per heavy atom. The summed E-state index contributed by atoms with van der Waals surface area (Å²) in [4.78, 5) is 26.1. The third-order valence-electron chi connectivity index (χ3n) is 7.59. The number of Topliss-reactive ketones (excluding diaryl/α,β-unsaturated/α-hetero) is 2. The molecule has 1 aromatic rings. The molecule has 4 N–H and O–H groups in total. The summed E-state index contributed by atoms with van der Waals surface area (Å²) in [7, 11) is 0. The van der Waals surface area contributed by atoms with E-state index in [4.69, 9.17) is 11.5 Å². The first-order valence-electron chi connectivity index (χ1n) is 11.9. The van der Waals surface area contributed by atoms with Crippen LogP contribution in [0.4, 0.5) is 0 Å². The molecule has 4 nitrogen and oxygen atoms in total. The van der Waals surface area contributed by atoms with Crippen LogP contribution < -0.4 is 11.5 Å². The third kappa shape index (κ3) is 4.44. The van der Waals surface area contributed by atoms with Crippen molar-refractivity contribution in [1.82, 2.24) is 0 Å². The molecule has 0 aliphatic heterocycles. The predicted octanol–water partition coefficient (Wildman–Crippen LogP) is 5.20. The number of hydrogen-bond donors (Lipinski definition) is 2. The smallest absolute Gasteiger partial charge is 0.164 e. The van der Waals surface area contributed by atoms with Crippen LogP contribution in [-0.2, 0) is 15.1 Å². The van der Waals surface area contributed by atoms with Gasteiger partial charge in [0.15, 0.2) is 11.6 Å². The minimum absolute atomic E-state index is 0.0785. The fourth-order valence-corrected chi connectivity index (χ4v) is 5.38. The van der Waals surface area contributed by atoms with Crippen molar-refractivity contribution in [3.8, 4) is 0 Å². The van der Waals surface area contributed by atoms with Crippen molar-refractivity contribution in [3.63, 3.8) is 0 Å². The maximum Gasteiger partial charge on any atom is 0.164 e. The highest BCUT2D eigenvalue weighted by atomic mass is 16.1. The van der Waals surface area contributed by atoms with Gasteiger partial charge in [0.2, 0.25) is 0 Å². The van der Waals surface area contributed by atoms with Crippen LogP contribution in [0.2, 0.25) is 0 Å². The van der Waals surface area contributed by atoms with Gasteiger partial charge in [-0.3, -0.25) is 9.59 Å². The van der Waals surface area contributed by atoms with E-state index >= 15 is 0 Å². The highest BCUT2D eigenvalue weighted by Crippen LogP contribution is 2.40. The van der Waals surface area contributed by atoms with Gasteiger partial charge in [0.05, 0.1) is 0 Å². The summed E-state index contributed by atoms with van der Waals surface area (Å²) in [5.74, 6) is -0.0117. The van der Waals surface area contributed by atoms with Gasteiger partial charge in [-0.25, -0.2) is 0 Å². The Hall–Kier alpha value is -2.30. The van der Waals surface area contributed by atoms with Gasteiger partial charge in [-0.1, -0.05) is 61.9 Å². The van der Waals surface area contributed by atoms with E-state index in [1.807, 2.05) is 50.3 Å². The van der Waals surface area contributed by atoms with Crippen LogP contribution >= 0.6 is 0 Å². The number of rotatable bonds is 6. The molecule has 0 heterocycles. The first-order chi connectivity index (χ1) is 15.1. The summed E-state index contributed by atoms with van der Waals surface area (Å²) < 4.78 is 0. The number of aryl methyl sites for hydroxylation is 1. The topological polar surface area (TPSA) is 86.2 Å². The molecule has 2 fully saturated rings. The van der Waals surface area contributed by atoms with Gasteiger partial charge in [-0.2, -0.15) is 0 Å². The van der Waals surface area contributed by atoms with E-state index in [2.05, 4.69) is 13.5 Å². The minimum atomic E-state index is -0.961. The first kappa shape index (κ1) is 24.3. The SMILES string of the molecule is C=C(/C(C)=C\C=C(/CC)C1CCC[C@](N)(c2ccccc2C)C1=O)[C@]1(N)CCCCC1=O. The molecule has 2 aliphatic rings. The van der Waals surface area contributed by atoms with Crippen LogP contribution in [0.3, 0.4) is 0 Å². The van der Waals surface area contributed by atoms with Gasteiger partial charge in [-0.05, 0) is 74.6 Å². The Bertz CT molecular complexity index is 973. The number of ketones is 2. The molecule has 0 saturated heterocycles. The van der Waals surface area contributed by atoms with Crippen LogP contribution in [0.1, 0.15) is 76.3 Å². The normalized spacial score (nSPS) is 29.8. The lowest BCUT2D eigenvalue weighted by molar-refractivity contribution is -0.130. The first-order valence-corrected chi connectivity index (χ1v) is 11.9. The number of carbonyl (C=O) groups excluding carboxylic acids is 2. The average molecular weight is 435 g/mol. The highest BCUT2D eigenvalue weighted by molar-refractivity contribution is 5.95. The zero-order valence-electron chi connectivity index (χ0n) is 19.9. The number of benzene rings is 1. The molecule has 3 rings (SSSR count). The van der Waals surface area contributed by atoms with Gasteiger partial charge < -0.3 is 11.5 Å². The second-order valence-electron chi connectivity index (χ2n) is 9.62. The third-order valence-corrected chi connectivity index (χ3v) is 7.59. The van der Waals surface area contributed by atoms with Gasteiger partial charge in [0.25, 0.3) is 0 Å². The van der Waals surface area contributed by atoms with Crippen molar-refractivity contribution < 1.29 is 9.59 Å². The molecule has 3 atom stereocenters. The quantitative estimate of drug-likeness (QED) is 0.603. The van der Waals surface area contributed by atoms with Crippen molar-refractivity contribution in [1.29, 1.82) is 0 Å². The van der Waals surface area contributed by atoms with Crippen LogP contribution in [0.5, 0.6) is 0 Å². The fourth-order valence-electron chi connectivity index (χ4n) is 5.38. The lowest BCUT2D eigenvalue weighted by atomic mass is 9.68. The Morgan fingerprint density at radius 1 is 1.12 bits per heavy atom. The van der Waals surface area contributed by atoms with Crippen LogP contribution in [0.25, 0.3) is 0 Å². The zero-order valence-corrected chi connectivity index (χ0v) is 19.9. The highest BCUT2D eigenvalue weighted by Gasteiger charge is 2.44. The fraction of sp³-hybridized carbons (Fsp3) is 0.500. The summed E-state index contributed by atoms with van der Waals surface area (Å²) in [6.45, 7) is 10.2. The summed E-state index contributed by atoms with van der Waals surface area (Å²) in [5.41, 5.74) is 16.0. The largest absolute Gasteiger partial charge is 0.315 e. The van der Waals surface area contributed by atoms with E-state index in [1.165, 1.54) is 0 Å². The number of hydrogen-bond acceptors (Lipinski definition) is 4. The van der Waals surface area contributed by atoms with Gasteiger partial charge >= 0.3 is 0 Å². The van der Waals surface area contributed by atoms with Crippen molar-refractivity contribution in [3.05, 3.63) is 70.8 Å². The van der Waals surface area contributed by atoms with Crippen LogP contribution in [-0.4, -0.2) is 17.1 Å². The molecule has 0 radical (unpaired) electrons. The maximum atomic E-state index is 13.7. The van der Waals surface area contributed by atoms with Crippen molar-refractivity contribution in [2.24, 2.45) is 17.4 Å². The van der Waals surface area contributed by atoms with E-state index in [1.54, 1.807) is 0 Å². The van der Waals surface area contributed by atoms with E-state index in [0.29, 0.717) is 24.8 Å². The Kier molecular flexibility index (Phi) is 7.36. The summed E-state index contributed by atoms with van der Waals surface area (Å²) in [6.07, 6.45) is 10.2. The second kappa shape index (κ2) is 9.68. The zero-order chi connectivity index (χ0) is 23.5. The summed E-state index contributed by atoms with van der Waals surface area (Å²) in [5, 5.41) is 0. The molecule has 1 aromatic carbocycles. The van der Waals surface area contributed by atoms with E-state index in [0.717, 1.165) is 54.4 Å². The van der Waals surface area contributed by atoms with Crippen molar-refractivity contribution in [2.75, 3.05) is 0 Å². The molecule has 0 amide bonds. The molecule has 2 saturated carbocycles. The second-order valence-corrected chi connectivity index (χ2v) is 9.62. The standard InChI is InChI=1S/C28H38N2O2/c1-5-22(16-15-19(2)21(4)27(29)17-9-8-14-25(27)31)23-12-10-18-28(30,26(23)32)24-13-7-6-11-20(24)3/h6-7,11,13,15-16,23H,4-5,8-10,12,14,17-18,29-30H2,1-3H3/b19-15-,22-16+/t23?,27-,28+/m1/s1. The number of nitrogens with two attached hydrogens (primary N) is 2. The van der Waals surface area contributed by atoms with Gasteiger partial charge in [-0.15, -0.1) is 0 Å². The van der Waals surface area contributed by atoms with E-state index < -0.39 is 11.1 Å². The van der Waals surface area contributed by atoms with Crippen molar-refractivity contribution in [2.45, 2.75) is 83.2 Å². The van der Waals surface area contributed by atoms with Gasteiger partial charge in [0, 0.05) is 12.3 Å². The molecule has 0 bridgehead atoms. The van der Waals surface area contributed by atoms with Crippen molar-refractivity contribution >= 4 is 11.6 Å². The summed E-state index contributed by atoms with van der Waals surface area (Å²) >= 11 is 0. The molecule has 4 heteroatoms. The molecular weight excluding hydrogens is 396 g/mol. The molecule has 1 unspecified atom stereocenters. The number of allylic oxidation sites excluding steroid dienone is 3. The molecule has 0 spiro atoms. The molecule has 2 aliphatic carbocycles. The number of carbonyl (C=O) groups is 2. The Labute approximate surface area is 192 Å². The van der Waals surface area contributed by atoms with Crippen LogP contribution in [0, 0.1) is 12.8 Å². The minimum Gasteiger partial charge on any atom is -0.315 e. The lowest BCUT2D eigenvalue weighted by Gasteiger charge is -2.38. The Balaban J connectivity index is 1.87. The maximum absolute atomic E-state index is 13.7.